The van der Waals surface area contributed by atoms with Crippen LogP contribution in [0.1, 0.15) is 36.2 Å². The summed E-state index contributed by atoms with van der Waals surface area (Å²) in [6, 6.07) is 3.29. The highest BCUT2D eigenvalue weighted by molar-refractivity contribution is 5.91. The zero-order valence-electron chi connectivity index (χ0n) is 10.5. The van der Waals surface area contributed by atoms with Gasteiger partial charge in [-0.05, 0) is 30.0 Å². The molecule has 1 fully saturated rings. The molecule has 19 heavy (non-hydrogen) atoms. The molecule has 0 bridgehead atoms. The van der Waals surface area contributed by atoms with Crippen LogP contribution in [0, 0.1) is 5.41 Å². The number of carbonyl (C=O) groups is 1. The molecule has 1 aromatic rings. The maximum Gasteiger partial charge on any atom is 0.417 e. The van der Waals surface area contributed by atoms with Crippen LogP contribution in [0.5, 0.6) is 0 Å². The molecule has 6 heteroatoms. The first-order chi connectivity index (χ1) is 8.61. The van der Waals surface area contributed by atoms with Crippen LogP contribution in [0.2, 0.25) is 0 Å². The second kappa shape index (κ2) is 4.15. The monoisotopic (exact) mass is 273 g/mol. The second-order valence-electron chi connectivity index (χ2n) is 5.45. The van der Waals surface area contributed by atoms with Gasteiger partial charge in [-0.1, -0.05) is 13.8 Å². The highest BCUT2D eigenvalue weighted by Gasteiger charge is 2.45. The van der Waals surface area contributed by atoms with E-state index in [9.17, 15) is 18.0 Å². The van der Waals surface area contributed by atoms with Crippen LogP contribution in [-0.2, 0) is 6.18 Å². The van der Waals surface area contributed by atoms with E-state index in [1.807, 2.05) is 13.8 Å². The molecule has 1 atom stereocenters. The number of alkyl halides is 3. The fourth-order valence-electron chi connectivity index (χ4n) is 1.97. The molecule has 2 rings (SSSR count). The lowest BCUT2D eigenvalue weighted by Gasteiger charge is -2.13. The molecule has 1 aliphatic rings. The first kappa shape index (κ1) is 13.7. The standard InChI is InChI=1S/C13H14F3NO2/c1-12(2)6-10(12)17-7-3-4-9(13(14,15)16)8(5-7)11(18)19/h3-5,10,17H,6H2,1-2H3,(H,18,19). The molecule has 0 saturated heterocycles. The summed E-state index contributed by atoms with van der Waals surface area (Å²) in [4.78, 5) is 10.9. The van der Waals surface area contributed by atoms with Crippen molar-refractivity contribution < 1.29 is 23.1 Å². The summed E-state index contributed by atoms with van der Waals surface area (Å²) in [5.74, 6) is -1.58. The van der Waals surface area contributed by atoms with E-state index < -0.39 is 23.3 Å². The largest absolute Gasteiger partial charge is 0.478 e. The van der Waals surface area contributed by atoms with Gasteiger partial charge < -0.3 is 10.4 Å². The van der Waals surface area contributed by atoms with E-state index in [2.05, 4.69) is 5.32 Å². The summed E-state index contributed by atoms with van der Waals surface area (Å²) in [7, 11) is 0. The van der Waals surface area contributed by atoms with Gasteiger partial charge in [-0.2, -0.15) is 13.2 Å². The molecule has 0 spiro atoms. The first-order valence-corrected chi connectivity index (χ1v) is 5.82. The third-order valence-corrected chi connectivity index (χ3v) is 3.41. The molecule has 2 N–H and O–H groups in total. The number of nitrogens with one attached hydrogen (secondary N) is 1. The molecule has 1 aromatic carbocycles. The van der Waals surface area contributed by atoms with Crippen molar-refractivity contribution >= 4 is 11.7 Å². The average molecular weight is 273 g/mol. The quantitative estimate of drug-likeness (QED) is 0.884. The maximum absolute atomic E-state index is 12.7. The molecule has 3 nitrogen and oxygen atoms in total. The van der Waals surface area contributed by atoms with Crippen LogP contribution in [0.25, 0.3) is 0 Å². The molecule has 0 aromatic heterocycles. The Labute approximate surface area is 108 Å². The Bertz CT molecular complexity index is 523. The number of carboxylic acids is 1. The second-order valence-corrected chi connectivity index (χ2v) is 5.45. The van der Waals surface area contributed by atoms with Crippen molar-refractivity contribution in [3.05, 3.63) is 29.3 Å². The SMILES string of the molecule is CC1(C)CC1Nc1ccc(C(F)(F)F)c(C(=O)O)c1. The molecular weight excluding hydrogens is 259 g/mol. The minimum atomic E-state index is -4.66. The van der Waals surface area contributed by atoms with Crippen LogP contribution < -0.4 is 5.32 Å². The highest BCUT2D eigenvalue weighted by atomic mass is 19.4. The van der Waals surface area contributed by atoms with Crippen LogP contribution >= 0.6 is 0 Å². The number of carboxylic acid groups (broad SMARTS) is 1. The number of anilines is 1. The number of halogens is 3. The molecule has 1 aliphatic carbocycles. The molecule has 0 radical (unpaired) electrons. The summed E-state index contributed by atoms with van der Waals surface area (Å²) in [6.45, 7) is 4.07. The van der Waals surface area contributed by atoms with Gasteiger partial charge in [-0.3, -0.25) is 0 Å². The summed E-state index contributed by atoms with van der Waals surface area (Å²) in [6.07, 6.45) is -3.75. The van der Waals surface area contributed by atoms with Gasteiger partial charge in [0.05, 0.1) is 11.1 Å². The molecule has 1 unspecified atom stereocenters. The zero-order valence-corrected chi connectivity index (χ0v) is 10.5. The number of benzene rings is 1. The predicted molar refractivity (Wildman–Crippen MR) is 64.2 cm³/mol. The van der Waals surface area contributed by atoms with Crippen molar-refractivity contribution in [2.45, 2.75) is 32.5 Å². The van der Waals surface area contributed by atoms with Gasteiger partial charge in [0.1, 0.15) is 0 Å². The fourth-order valence-corrected chi connectivity index (χ4v) is 1.97. The van der Waals surface area contributed by atoms with E-state index in [0.29, 0.717) is 5.69 Å². The Morgan fingerprint density at radius 3 is 2.42 bits per heavy atom. The third kappa shape index (κ3) is 2.83. The fraction of sp³-hybridized carbons (Fsp3) is 0.462. The van der Waals surface area contributed by atoms with E-state index in [1.54, 1.807) is 0 Å². The number of aromatic carboxylic acids is 1. The molecule has 104 valence electrons. The van der Waals surface area contributed by atoms with Crippen molar-refractivity contribution in [2.24, 2.45) is 5.41 Å². The van der Waals surface area contributed by atoms with E-state index in [-0.39, 0.29) is 11.5 Å². The number of hydrogen-bond acceptors (Lipinski definition) is 2. The van der Waals surface area contributed by atoms with Gasteiger partial charge >= 0.3 is 12.1 Å². The van der Waals surface area contributed by atoms with E-state index in [1.165, 1.54) is 6.07 Å². The van der Waals surface area contributed by atoms with Crippen LogP contribution in [-0.4, -0.2) is 17.1 Å². The Hall–Kier alpha value is -1.72. The summed E-state index contributed by atoms with van der Waals surface area (Å²) in [5, 5.41) is 11.9. The van der Waals surface area contributed by atoms with Gasteiger partial charge in [0, 0.05) is 11.7 Å². The van der Waals surface area contributed by atoms with Crippen molar-refractivity contribution in [1.82, 2.24) is 0 Å². The van der Waals surface area contributed by atoms with Crippen molar-refractivity contribution in [3.63, 3.8) is 0 Å². The lowest BCUT2D eigenvalue weighted by Crippen LogP contribution is -2.14. The van der Waals surface area contributed by atoms with Crippen LogP contribution in [0.15, 0.2) is 18.2 Å². The van der Waals surface area contributed by atoms with Gasteiger partial charge in [-0.15, -0.1) is 0 Å². The third-order valence-electron chi connectivity index (χ3n) is 3.41. The molecule has 1 saturated carbocycles. The Balaban J connectivity index is 2.29. The number of hydrogen-bond donors (Lipinski definition) is 2. The van der Waals surface area contributed by atoms with Crippen LogP contribution in [0.4, 0.5) is 18.9 Å². The molecular formula is C13H14F3NO2. The van der Waals surface area contributed by atoms with Gasteiger partial charge in [0.15, 0.2) is 0 Å². The van der Waals surface area contributed by atoms with Crippen molar-refractivity contribution in [1.29, 1.82) is 0 Å². The van der Waals surface area contributed by atoms with E-state index in [4.69, 9.17) is 5.11 Å². The molecule has 0 heterocycles. The van der Waals surface area contributed by atoms with Gasteiger partial charge in [0.25, 0.3) is 0 Å². The van der Waals surface area contributed by atoms with Gasteiger partial charge in [-0.25, -0.2) is 4.79 Å². The van der Waals surface area contributed by atoms with Crippen molar-refractivity contribution in [2.75, 3.05) is 5.32 Å². The summed E-state index contributed by atoms with van der Waals surface area (Å²) < 4.78 is 38.0. The zero-order chi connectivity index (χ0) is 14.4. The topological polar surface area (TPSA) is 49.3 Å². The minimum absolute atomic E-state index is 0.103. The summed E-state index contributed by atoms with van der Waals surface area (Å²) >= 11 is 0. The smallest absolute Gasteiger partial charge is 0.417 e. The number of rotatable bonds is 3. The van der Waals surface area contributed by atoms with Crippen molar-refractivity contribution in [3.8, 4) is 0 Å². The van der Waals surface area contributed by atoms with E-state index in [0.717, 1.165) is 18.6 Å². The first-order valence-electron chi connectivity index (χ1n) is 5.82. The minimum Gasteiger partial charge on any atom is -0.478 e. The maximum atomic E-state index is 12.7. The van der Waals surface area contributed by atoms with Crippen LogP contribution in [0.3, 0.4) is 0 Å². The Morgan fingerprint density at radius 1 is 1.42 bits per heavy atom. The summed E-state index contributed by atoms with van der Waals surface area (Å²) in [5.41, 5.74) is -1.34. The Morgan fingerprint density at radius 2 is 2.00 bits per heavy atom. The molecule has 0 aliphatic heterocycles. The predicted octanol–water partition coefficient (Wildman–Crippen LogP) is 3.61. The lowest BCUT2D eigenvalue weighted by atomic mass is 10.1. The van der Waals surface area contributed by atoms with Gasteiger partial charge in [0.2, 0.25) is 0 Å². The average Bonchev–Trinajstić information content (AvgIpc) is 2.84. The normalized spacial score (nSPS) is 21.0. The highest BCUT2D eigenvalue weighted by Crippen LogP contribution is 2.46. The Kier molecular flexibility index (Phi) is 2.99. The molecule has 0 amide bonds. The lowest BCUT2D eigenvalue weighted by molar-refractivity contribution is -0.138. The van der Waals surface area contributed by atoms with E-state index >= 15 is 0 Å².